The minimum Gasteiger partial charge on any atom is -0.437 e. The van der Waals surface area contributed by atoms with Crippen LogP contribution in [0.25, 0.3) is 4.85 Å². The highest BCUT2D eigenvalue weighted by molar-refractivity contribution is 6.45. The van der Waals surface area contributed by atoms with Crippen LogP contribution in [0.5, 0.6) is 0 Å². The van der Waals surface area contributed by atoms with Crippen molar-refractivity contribution in [1.29, 1.82) is 0 Å². The molecule has 0 aliphatic heterocycles. The molecule has 0 aliphatic carbocycles. The summed E-state index contributed by atoms with van der Waals surface area (Å²) >= 11 is 0. The van der Waals surface area contributed by atoms with Crippen molar-refractivity contribution in [3.05, 3.63) is 11.4 Å². The van der Waals surface area contributed by atoms with Gasteiger partial charge in [-0.3, -0.25) is 0 Å². The molecule has 0 radical (unpaired) electrons. The largest absolute Gasteiger partial charge is 0.437 e. The number of hydrogen-bond donors (Lipinski definition) is 3. The first-order chi connectivity index (χ1) is 7.07. The van der Waals surface area contributed by atoms with E-state index in [4.69, 9.17) is 11.6 Å². The van der Waals surface area contributed by atoms with E-state index in [2.05, 4.69) is 10.1 Å². The van der Waals surface area contributed by atoms with Gasteiger partial charge < -0.3 is 24.9 Å². The summed E-state index contributed by atoms with van der Waals surface area (Å²) in [6.07, 6.45) is 0.841. The lowest BCUT2D eigenvalue weighted by Gasteiger charge is -2.20. The molecular weight excluding hydrogens is 192 g/mol. The van der Waals surface area contributed by atoms with E-state index in [0.717, 1.165) is 13.0 Å². The number of nitrogens with zero attached hydrogens (tertiary/aromatic N) is 2. The molecule has 15 heavy (non-hydrogen) atoms. The Hall–Kier alpha value is -0.540. The summed E-state index contributed by atoms with van der Waals surface area (Å²) in [5.74, 6) is 0. The minimum absolute atomic E-state index is 0.411. The van der Waals surface area contributed by atoms with Gasteiger partial charge in [0.2, 0.25) is 6.54 Å². The van der Waals surface area contributed by atoms with Gasteiger partial charge in [0.15, 0.2) is 0 Å². The highest BCUT2D eigenvalue weighted by Crippen LogP contribution is 1.94. The Morgan fingerprint density at radius 2 is 2.00 bits per heavy atom. The quantitative estimate of drug-likeness (QED) is 0.285. The lowest BCUT2D eigenvalue weighted by Crippen LogP contribution is -2.41. The number of hydrogen-bond acceptors (Lipinski definition) is 4. The molecule has 0 heterocycles. The standard InChI is InChI=1S/C8H19B2N3O2/c1-9(14)12-5-4-7-13(10(2)15)8-6-11-3/h12,14-15H,4-8H2,1-2H3. The average Bonchev–Trinajstić information content (AvgIpc) is 2.15. The van der Waals surface area contributed by atoms with E-state index in [-0.39, 0.29) is 0 Å². The fourth-order valence-corrected chi connectivity index (χ4v) is 1.26. The Bertz CT molecular complexity index is 197. The maximum absolute atomic E-state index is 9.40. The first-order valence-corrected chi connectivity index (χ1v) is 5.24. The van der Waals surface area contributed by atoms with Crippen LogP contribution < -0.4 is 5.23 Å². The Kier molecular flexibility index (Phi) is 8.43. The van der Waals surface area contributed by atoms with Gasteiger partial charge in [-0.15, -0.1) is 0 Å². The molecule has 84 valence electrons. The van der Waals surface area contributed by atoms with Crippen molar-refractivity contribution < 1.29 is 10.0 Å². The summed E-state index contributed by atoms with van der Waals surface area (Å²) in [4.78, 5) is 5.10. The minimum atomic E-state index is -0.515. The predicted octanol–water partition coefficient (Wildman–Crippen LogP) is -0.592. The molecule has 0 aromatic carbocycles. The first kappa shape index (κ1) is 14.5. The second-order valence-electron chi connectivity index (χ2n) is 3.53. The molecule has 0 amide bonds. The lowest BCUT2D eigenvalue weighted by atomic mass is 9.84. The van der Waals surface area contributed by atoms with E-state index in [9.17, 15) is 5.02 Å². The van der Waals surface area contributed by atoms with Crippen LogP contribution in [0, 0.1) is 6.57 Å². The van der Waals surface area contributed by atoms with Crippen LogP contribution in [-0.4, -0.2) is 55.1 Å². The fourth-order valence-electron chi connectivity index (χ4n) is 1.26. The smallest absolute Gasteiger partial charge is 0.376 e. The van der Waals surface area contributed by atoms with E-state index in [1.807, 2.05) is 4.81 Å². The van der Waals surface area contributed by atoms with Crippen LogP contribution >= 0.6 is 0 Å². The summed E-state index contributed by atoms with van der Waals surface area (Å²) in [7, 11) is -1.01. The Labute approximate surface area is 92.6 Å². The molecule has 0 rings (SSSR count). The SMILES string of the molecule is [C-]#[N+]CCN(CCCNB(C)O)B(C)O. The summed E-state index contributed by atoms with van der Waals surface area (Å²) in [5.41, 5.74) is 0. The summed E-state index contributed by atoms with van der Waals surface area (Å²) in [6.45, 7) is 12.5. The normalized spacial score (nSPS) is 10.1. The predicted molar refractivity (Wildman–Crippen MR) is 63.3 cm³/mol. The Balaban J connectivity index is 3.63. The van der Waals surface area contributed by atoms with E-state index in [0.29, 0.717) is 19.6 Å². The van der Waals surface area contributed by atoms with Crippen LogP contribution in [0.2, 0.25) is 13.6 Å². The average molecular weight is 211 g/mol. The maximum atomic E-state index is 9.40. The van der Waals surface area contributed by atoms with Crippen LogP contribution in [-0.2, 0) is 0 Å². The van der Waals surface area contributed by atoms with Gasteiger partial charge in [0.05, 0.1) is 6.54 Å². The van der Waals surface area contributed by atoms with Crippen molar-refractivity contribution in [2.45, 2.75) is 20.1 Å². The topological polar surface area (TPSA) is 60.1 Å². The maximum Gasteiger partial charge on any atom is 0.376 e. The monoisotopic (exact) mass is 211 g/mol. The van der Waals surface area contributed by atoms with E-state index in [1.165, 1.54) is 0 Å². The molecule has 0 saturated heterocycles. The lowest BCUT2D eigenvalue weighted by molar-refractivity contribution is 0.371. The van der Waals surface area contributed by atoms with Crippen molar-refractivity contribution in [2.24, 2.45) is 0 Å². The fraction of sp³-hybridized carbons (Fsp3) is 0.875. The summed E-state index contributed by atoms with van der Waals surface area (Å²) in [6, 6.07) is 0. The second kappa shape index (κ2) is 8.74. The zero-order chi connectivity index (χ0) is 11.7. The van der Waals surface area contributed by atoms with Crippen LogP contribution in [0.4, 0.5) is 0 Å². The van der Waals surface area contributed by atoms with Crippen molar-refractivity contribution >= 4 is 14.1 Å². The van der Waals surface area contributed by atoms with Crippen molar-refractivity contribution in [1.82, 2.24) is 10.0 Å². The molecule has 0 aromatic rings. The van der Waals surface area contributed by atoms with Gasteiger partial charge >= 0.3 is 14.1 Å². The van der Waals surface area contributed by atoms with Gasteiger partial charge in [-0.1, -0.05) is 0 Å². The van der Waals surface area contributed by atoms with Crippen LogP contribution in [0.1, 0.15) is 6.42 Å². The van der Waals surface area contributed by atoms with Gasteiger partial charge in [-0.2, -0.15) is 0 Å². The third-order valence-corrected chi connectivity index (χ3v) is 2.09. The van der Waals surface area contributed by atoms with Crippen molar-refractivity contribution in [2.75, 3.05) is 26.2 Å². The van der Waals surface area contributed by atoms with Crippen molar-refractivity contribution in [3.8, 4) is 0 Å². The van der Waals surface area contributed by atoms with E-state index in [1.54, 1.807) is 13.6 Å². The molecule has 7 heteroatoms. The molecule has 3 N–H and O–H groups in total. The molecule has 0 bridgehead atoms. The second-order valence-corrected chi connectivity index (χ2v) is 3.53. The van der Waals surface area contributed by atoms with E-state index < -0.39 is 14.1 Å². The molecule has 0 aliphatic rings. The third kappa shape index (κ3) is 8.45. The zero-order valence-corrected chi connectivity index (χ0v) is 9.48. The summed E-state index contributed by atoms with van der Waals surface area (Å²) < 4.78 is 0. The molecule has 0 unspecified atom stereocenters. The van der Waals surface area contributed by atoms with Crippen LogP contribution in [0.15, 0.2) is 0 Å². The molecule has 5 nitrogen and oxygen atoms in total. The molecule has 0 aromatic heterocycles. The Morgan fingerprint density at radius 3 is 2.47 bits per heavy atom. The molecule has 0 spiro atoms. The van der Waals surface area contributed by atoms with E-state index >= 15 is 0 Å². The van der Waals surface area contributed by atoms with Crippen molar-refractivity contribution in [3.63, 3.8) is 0 Å². The highest BCUT2D eigenvalue weighted by Gasteiger charge is 2.15. The van der Waals surface area contributed by atoms with Gasteiger partial charge in [0.1, 0.15) is 0 Å². The molecule has 0 fully saturated rings. The van der Waals surface area contributed by atoms with Gasteiger partial charge in [-0.25, -0.2) is 6.57 Å². The van der Waals surface area contributed by atoms with Crippen LogP contribution in [0.3, 0.4) is 0 Å². The zero-order valence-electron chi connectivity index (χ0n) is 9.48. The molecule has 0 saturated carbocycles. The highest BCUT2D eigenvalue weighted by atomic mass is 16.2. The van der Waals surface area contributed by atoms with Gasteiger partial charge in [0.25, 0.3) is 0 Å². The molecule has 0 atom stereocenters. The number of rotatable bonds is 8. The third-order valence-electron chi connectivity index (χ3n) is 2.09. The first-order valence-electron chi connectivity index (χ1n) is 5.24. The van der Waals surface area contributed by atoms with Gasteiger partial charge in [-0.05, 0) is 33.2 Å². The molecular formula is C8H19B2N3O2. The van der Waals surface area contributed by atoms with Gasteiger partial charge in [0, 0.05) is 0 Å². The summed E-state index contributed by atoms with van der Waals surface area (Å²) in [5, 5.41) is 21.2. The number of nitrogens with one attached hydrogen (secondary N) is 1. The Morgan fingerprint density at radius 1 is 1.33 bits per heavy atom.